The second-order valence-corrected chi connectivity index (χ2v) is 8.20. The SMILES string of the molecule is O=C([O-])CCN(Cc1ccc(C(=O)[O-])c(C(=O)[O-])c1)Cc1c(Br)cc(C(=O)[O-])cc1Br.[Na+].[Na+].[Na+].[Na+]. The van der Waals surface area contributed by atoms with Crippen LogP contribution in [-0.2, 0) is 17.9 Å². The number of carbonyl (C=O) groups excluding carboxylic acids is 4. The summed E-state index contributed by atoms with van der Waals surface area (Å²) < 4.78 is 0.865. The van der Waals surface area contributed by atoms with E-state index >= 15 is 0 Å². The van der Waals surface area contributed by atoms with Gasteiger partial charge in [0.2, 0.25) is 0 Å². The molecule has 0 aliphatic heterocycles. The molecule has 0 N–H and O–H groups in total. The van der Waals surface area contributed by atoms with Crippen molar-refractivity contribution in [3.8, 4) is 0 Å². The van der Waals surface area contributed by atoms with Crippen molar-refractivity contribution in [3.05, 3.63) is 67.1 Å². The molecule has 0 atom stereocenters. The summed E-state index contributed by atoms with van der Waals surface area (Å²) in [6.07, 6.45) is -0.323. The Balaban J connectivity index is -0.00000256. The van der Waals surface area contributed by atoms with Crippen LogP contribution in [0.4, 0.5) is 0 Å². The summed E-state index contributed by atoms with van der Waals surface area (Å²) in [4.78, 5) is 46.0. The van der Waals surface area contributed by atoms with Crippen LogP contribution in [0.15, 0.2) is 39.3 Å². The van der Waals surface area contributed by atoms with Crippen molar-refractivity contribution in [3.63, 3.8) is 0 Å². The van der Waals surface area contributed by atoms with E-state index < -0.39 is 35.0 Å². The molecule has 0 aliphatic rings. The zero-order chi connectivity index (χ0) is 23.3. The fourth-order valence-electron chi connectivity index (χ4n) is 2.85. The number of carbonyl (C=O) groups is 4. The van der Waals surface area contributed by atoms with E-state index in [-0.39, 0.29) is 150 Å². The molecule has 15 heteroatoms. The summed E-state index contributed by atoms with van der Waals surface area (Å²) in [5.74, 6) is -6.02. The third kappa shape index (κ3) is 12.8. The molecule has 0 amide bonds. The molecule has 164 valence electrons. The maximum absolute atomic E-state index is 11.3. The summed E-state index contributed by atoms with van der Waals surface area (Å²) in [6, 6.07) is 6.26. The van der Waals surface area contributed by atoms with E-state index in [0.717, 1.165) is 12.1 Å². The molecule has 0 aromatic heterocycles. The van der Waals surface area contributed by atoms with Crippen molar-refractivity contribution in [2.24, 2.45) is 0 Å². The number of hydrogen-bond donors (Lipinski definition) is 0. The van der Waals surface area contributed by atoms with Gasteiger partial charge in [-0.3, -0.25) is 4.90 Å². The van der Waals surface area contributed by atoms with Gasteiger partial charge in [0.15, 0.2) is 0 Å². The van der Waals surface area contributed by atoms with Crippen LogP contribution < -0.4 is 139 Å². The molecule has 9 nitrogen and oxygen atoms in total. The largest absolute Gasteiger partial charge is 1.00 e. The fraction of sp³-hybridized carbons (Fsp3) is 0.200. The molecule has 0 radical (unpaired) electrons. The Bertz CT molecular complexity index is 1050. The standard InChI is InChI=1S/C20H17Br2NO8.4Na/c21-15-6-11(18(26)27)7-16(22)14(15)9-23(4-3-17(24)25)8-10-1-2-12(19(28)29)13(5-10)20(30)31;;;;/h1-2,5-7H,3-4,8-9H2,(H,24,25)(H,26,27)(H,28,29)(H,30,31);;;;/q;4*+1/p-4. The molecule has 0 unspecified atom stereocenters. The second kappa shape index (κ2) is 19.3. The van der Waals surface area contributed by atoms with E-state index in [1.807, 2.05) is 0 Å². The van der Waals surface area contributed by atoms with Gasteiger partial charge in [-0.05, 0) is 41.3 Å². The summed E-state index contributed by atoms with van der Waals surface area (Å²) in [5.41, 5.74) is -0.164. The first-order valence-corrected chi connectivity index (χ1v) is 10.2. The van der Waals surface area contributed by atoms with Crippen molar-refractivity contribution >= 4 is 55.7 Å². The van der Waals surface area contributed by atoms with Crippen LogP contribution in [0.2, 0.25) is 0 Å². The molecule has 0 fully saturated rings. The maximum Gasteiger partial charge on any atom is 1.00 e. The molecular formula is C20H13Br2NNa4O8. The predicted octanol–water partition coefficient (Wildman–Crippen LogP) is -13.5. The van der Waals surface area contributed by atoms with Crippen molar-refractivity contribution < 1.29 is 158 Å². The van der Waals surface area contributed by atoms with Crippen LogP contribution in [0, 0.1) is 0 Å². The average Bonchev–Trinajstić information content (AvgIpc) is 2.67. The number of rotatable bonds is 10. The zero-order valence-corrected chi connectivity index (χ0v) is 30.9. The van der Waals surface area contributed by atoms with Gasteiger partial charge < -0.3 is 39.6 Å². The Morgan fingerprint density at radius 1 is 0.714 bits per heavy atom. The first-order chi connectivity index (χ1) is 14.5. The summed E-state index contributed by atoms with van der Waals surface area (Å²) in [7, 11) is 0. The van der Waals surface area contributed by atoms with Gasteiger partial charge in [0.1, 0.15) is 0 Å². The van der Waals surface area contributed by atoms with Crippen molar-refractivity contribution in [2.45, 2.75) is 19.5 Å². The Labute approximate surface area is 306 Å². The van der Waals surface area contributed by atoms with Crippen LogP contribution in [0.3, 0.4) is 0 Å². The normalized spacial score (nSPS) is 9.57. The molecule has 0 spiro atoms. The number of carboxylic acids is 4. The minimum absolute atomic E-state index is 0. The van der Waals surface area contributed by atoms with E-state index in [4.69, 9.17) is 0 Å². The van der Waals surface area contributed by atoms with Crippen molar-refractivity contribution in [1.29, 1.82) is 0 Å². The van der Waals surface area contributed by atoms with Gasteiger partial charge in [-0.25, -0.2) is 0 Å². The first-order valence-electron chi connectivity index (χ1n) is 8.66. The number of hydrogen-bond acceptors (Lipinski definition) is 9. The van der Waals surface area contributed by atoms with Crippen LogP contribution in [0.5, 0.6) is 0 Å². The molecule has 0 saturated carbocycles. The molecule has 2 aromatic rings. The molecular weight excluding hydrogens is 634 g/mol. The number of benzene rings is 2. The molecule has 0 bridgehead atoms. The van der Waals surface area contributed by atoms with Gasteiger partial charge in [0.05, 0.1) is 17.9 Å². The minimum atomic E-state index is -1.69. The second-order valence-electron chi connectivity index (χ2n) is 6.49. The van der Waals surface area contributed by atoms with E-state index in [9.17, 15) is 39.6 Å². The molecule has 2 aromatic carbocycles. The molecule has 0 heterocycles. The van der Waals surface area contributed by atoms with E-state index in [2.05, 4.69) is 31.9 Å². The van der Waals surface area contributed by atoms with Gasteiger partial charge in [-0.1, -0.05) is 44.0 Å². The van der Waals surface area contributed by atoms with Crippen molar-refractivity contribution in [1.82, 2.24) is 4.90 Å². The molecule has 0 aliphatic carbocycles. The number of aromatic carboxylic acids is 3. The number of aliphatic carboxylic acids is 1. The number of halogens is 2. The van der Waals surface area contributed by atoms with Crippen LogP contribution >= 0.6 is 31.9 Å². The van der Waals surface area contributed by atoms with Gasteiger partial charge in [-0.15, -0.1) is 0 Å². The van der Waals surface area contributed by atoms with Crippen LogP contribution in [0.1, 0.15) is 48.6 Å². The Hall–Kier alpha value is 1.24. The summed E-state index contributed by atoms with van der Waals surface area (Å²) in [6.45, 7) is 0.221. The van der Waals surface area contributed by atoms with Crippen LogP contribution in [-0.4, -0.2) is 35.3 Å². The van der Waals surface area contributed by atoms with Gasteiger partial charge in [0, 0.05) is 45.7 Å². The quantitative estimate of drug-likeness (QED) is 0.228. The molecule has 2 rings (SSSR count). The van der Waals surface area contributed by atoms with E-state index in [1.54, 1.807) is 4.90 Å². The third-order valence-corrected chi connectivity index (χ3v) is 5.74. The smallest absolute Gasteiger partial charge is 0.550 e. The Kier molecular flexibility index (Phi) is 22.5. The molecule has 0 saturated heterocycles. The van der Waals surface area contributed by atoms with Gasteiger partial charge in [0.25, 0.3) is 0 Å². The van der Waals surface area contributed by atoms with Crippen LogP contribution in [0.25, 0.3) is 0 Å². The topological polar surface area (TPSA) is 164 Å². The van der Waals surface area contributed by atoms with Gasteiger partial charge >= 0.3 is 118 Å². The number of carboxylic acid groups (broad SMARTS) is 4. The first kappa shape index (κ1) is 40.7. The van der Waals surface area contributed by atoms with E-state index in [1.165, 1.54) is 18.2 Å². The summed E-state index contributed by atoms with van der Waals surface area (Å²) >= 11 is 6.56. The average molecular weight is 647 g/mol. The number of nitrogens with zero attached hydrogens (tertiary/aromatic N) is 1. The minimum Gasteiger partial charge on any atom is -0.550 e. The zero-order valence-electron chi connectivity index (χ0n) is 19.7. The Morgan fingerprint density at radius 2 is 1.23 bits per heavy atom. The third-order valence-electron chi connectivity index (χ3n) is 4.32. The summed E-state index contributed by atoms with van der Waals surface area (Å²) in [5, 5.41) is 44.4. The maximum atomic E-state index is 11.3. The Morgan fingerprint density at radius 3 is 1.66 bits per heavy atom. The molecule has 35 heavy (non-hydrogen) atoms. The monoisotopic (exact) mass is 645 g/mol. The fourth-order valence-corrected chi connectivity index (χ4v) is 4.29. The van der Waals surface area contributed by atoms with E-state index in [0.29, 0.717) is 20.1 Å². The van der Waals surface area contributed by atoms with Crippen molar-refractivity contribution in [2.75, 3.05) is 6.54 Å². The predicted molar refractivity (Wildman–Crippen MR) is 105 cm³/mol. The van der Waals surface area contributed by atoms with Gasteiger partial charge in [-0.2, -0.15) is 0 Å².